The van der Waals surface area contributed by atoms with Gasteiger partial charge in [-0.1, -0.05) is 12.1 Å². The number of rotatable bonds is 5. The van der Waals surface area contributed by atoms with Gasteiger partial charge in [-0.15, -0.1) is 0 Å². The second-order valence-electron chi connectivity index (χ2n) is 7.32. The van der Waals surface area contributed by atoms with E-state index in [9.17, 15) is 14.7 Å². The SMILES string of the molecule is CC(C)(C(=O)O)c1ccc(NC(=O)C2CCN(c3cnccn3)CC2)cc1. The topological polar surface area (TPSA) is 95.4 Å². The average molecular weight is 368 g/mol. The van der Waals surface area contributed by atoms with Gasteiger partial charge in [0, 0.05) is 37.1 Å². The number of anilines is 2. The molecule has 7 heteroatoms. The lowest BCUT2D eigenvalue weighted by molar-refractivity contribution is -0.142. The van der Waals surface area contributed by atoms with E-state index in [1.165, 1.54) is 0 Å². The fraction of sp³-hybridized carbons (Fsp3) is 0.400. The lowest BCUT2D eigenvalue weighted by Crippen LogP contribution is -2.38. The van der Waals surface area contributed by atoms with Crippen molar-refractivity contribution in [3.8, 4) is 0 Å². The number of carbonyl (C=O) groups is 2. The fourth-order valence-corrected chi connectivity index (χ4v) is 3.16. The van der Waals surface area contributed by atoms with Crippen LogP contribution in [0.4, 0.5) is 11.5 Å². The van der Waals surface area contributed by atoms with Crippen LogP contribution in [0.5, 0.6) is 0 Å². The molecule has 0 unspecified atom stereocenters. The number of aliphatic carboxylic acids is 1. The van der Waals surface area contributed by atoms with Crippen molar-refractivity contribution in [2.75, 3.05) is 23.3 Å². The Morgan fingerprint density at radius 2 is 1.81 bits per heavy atom. The zero-order valence-electron chi connectivity index (χ0n) is 15.6. The number of carboxylic acid groups (broad SMARTS) is 1. The van der Waals surface area contributed by atoms with Crippen molar-refractivity contribution < 1.29 is 14.7 Å². The van der Waals surface area contributed by atoms with Crippen molar-refractivity contribution >= 4 is 23.4 Å². The van der Waals surface area contributed by atoms with Crippen LogP contribution in [0.1, 0.15) is 32.3 Å². The van der Waals surface area contributed by atoms with Crippen LogP contribution in [0, 0.1) is 5.92 Å². The summed E-state index contributed by atoms with van der Waals surface area (Å²) < 4.78 is 0. The lowest BCUT2D eigenvalue weighted by Gasteiger charge is -2.31. The molecule has 0 saturated carbocycles. The molecule has 142 valence electrons. The highest BCUT2D eigenvalue weighted by atomic mass is 16.4. The van der Waals surface area contributed by atoms with Gasteiger partial charge in [0.25, 0.3) is 0 Å². The first-order valence-corrected chi connectivity index (χ1v) is 9.03. The average Bonchev–Trinajstić information content (AvgIpc) is 2.69. The van der Waals surface area contributed by atoms with Crippen molar-refractivity contribution in [1.29, 1.82) is 0 Å². The molecule has 0 atom stereocenters. The summed E-state index contributed by atoms with van der Waals surface area (Å²) in [4.78, 5) is 34.4. The van der Waals surface area contributed by atoms with Gasteiger partial charge in [-0.3, -0.25) is 14.6 Å². The monoisotopic (exact) mass is 368 g/mol. The predicted octanol–water partition coefficient (Wildman–Crippen LogP) is 2.69. The Morgan fingerprint density at radius 1 is 1.15 bits per heavy atom. The number of amides is 1. The summed E-state index contributed by atoms with van der Waals surface area (Å²) in [6.45, 7) is 4.85. The van der Waals surface area contributed by atoms with E-state index in [0.717, 1.165) is 31.7 Å². The maximum Gasteiger partial charge on any atom is 0.313 e. The van der Waals surface area contributed by atoms with Gasteiger partial charge in [-0.2, -0.15) is 0 Å². The van der Waals surface area contributed by atoms with Gasteiger partial charge in [0.2, 0.25) is 5.91 Å². The quantitative estimate of drug-likeness (QED) is 0.842. The summed E-state index contributed by atoms with van der Waals surface area (Å²) in [6, 6.07) is 7.01. The number of carboxylic acids is 1. The first-order valence-electron chi connectivity index (χ1n) is 9.03. The van der Waals surface area contributed by atoms with Crippen molar-refractivity contribution in [2.24, 2.45) is 5.92 Å². The third-order valence-corrected chi connectivity index (χ3v) is 5.15. The van der Waals surface area contributed by atoms with E-state index >= 15 is 0 Å². The van der Waals surface area contributed by atoms with Gasteiger partial charge in [0.15, 0.2) is 0 Å². The van der Waals surface area contributed by atoms with Crippen LogP contribution >= 0.6 is 0 Å². The largest absolute Gasteiger partial charge is 0.481 e. The number of piperidine rings is 1. The van der Waals surface area contributed by atoms with E-state index in [-0.39, 0.29) is 11.8 Å². The number of hydrogen-bond donors (Lipinski definition) is 2. The Balaban J connectivity index is 1.56. The molecule has 1 aliphatic rings. The summed E-state index contributed by atoms with van der Waals surface area (Å²) in [6.07, 6.45) is 6.57. The molecule has 0 radical (unpaired) electrons. The van der Waals surface area contributed by atoms with Crippen LogP contribution in [-0.4, -0.2) is 40.0 Å². The Labute approximate surface area is 158 Å². The molecule has 3 rings (SSSR count). The van der Waals surface area contributed by atoms with Crippen molar-refractivity contribution in [3.63, 3.8) is 0 Å². The summed E-state index contributed by atoms with van der Waals surface area (Å²) >= 11 is 0. The van der Waals surface area contributed by atoms with Gasteiger partial charge in [-0.25, -0.2) is 4.98 Å². The number of hydrogen-bond acceptors (Lipinski definition) is 5. The number of nitrogens with one attached hydrogen (secondary N) is 1. The van der Waals surface area contributed by atoms with Crippen LogP contribution in [0.15, 0.2) is 42.9 Å². The highest BCUT2D eigenvalue weighted by molar-refractivity contribution is 5.92. The van der Waals surface area contributed by atoms with Crippen molar-refractivity contribution in [1.82, 2.24) is 9.97 Å². The standard InChI is InChI=1S/C20H24N4O3/c1-20(2,19(26)27)15-3-5-16(6-4-15)23-18(25)14-7-11-24(12-8-14)17-13-21-9-10-22-17/h3-6,9-10,13-14H,7-8,11-12H2,1-2H3,(H,23,25)(H,26,27). The molecule has 1 aliphatic heterocycles. The molecule has 2 heterocycles. The zero-order chi connectivity index (χ0) is 19.4. The lowest BCUT2D eigenvalue weighted by atomic mass is 9.85. The molecule has 7 nitrogen and oxygen atoms in total. The minimum atomic E-state index is -0.963. The maximum atomic E-state index is 12.5. The number of aromatic nitrogens is 2. The molecule has 1 aromatic heterocycles. The summed E-state index contributed by atoms with van der Waals surface area (Å²) in [5, 5.41) is 12.2. The minimum Gasteiger partial charge on any atom is -0.481 e. The van der Waals surface area contributed by atoms with Crippen LogP contribution in [-0.2, 0) is 15.0 Å². The van der Waals surface area contributed by atoms with Gasteiger partial charge in [0.1, 0.15) is 5.82 Å². The Morgan fingerprint density at radius 3 is 2.37 bits per heavy atom. The van der Waals surface area contributed by atoms with E-state index in [1.807, 2.05) is 0 Å². The molecule has 27 heavy (non-hydrogen) atoms. The summed E-state index contributed by atoms with van der Waals surface area (Å²) in [5.74, 6) is -0.0887. The molecule has 1 fully saturated rings. The van der Waals surface area contributed by atoms with Gasteiger partial charge in [-0.05, 0) is 44.4 Å². The second-order valence-corrected chi connectivity index (χ2v) is 7.32. The van der Waals surface area contributed by atoms with Crippen molar-refractivity contribution in [3.05, 3.63) is 48.4 Å². The minimum absolute atomic E-state index is 0.000888. The maximum absolute atomic E-state index is 12.5. The molecule has 2 aromatic rings. The molecule has 0 aliphatic carbocycles. The molecular formula is C20H24N4O3. The molecule has 1 amide bonds. The first-order chi connectivity index (χ1) is 12.9. The zero-order valence-corrected chi connectivity index (χ0v) is 15.6. The van der Waals surface area contributed by atoms with Crippen LogP contribution in [0.25, 0.3) is 0 Å². The molecule has 1 saturated heterocycles. The molecule has 0 bridgehead atoms. The van der Waals surface area contributed by atoms with Crippen LogP contribution in [0.2, 0.25) is 0 Å². The predicted molar refractivity (Wildman–Crippen MR) is 103 cm³/mol. The van der Waals surface area contributed by atoms with Crippen LogP contribution in [0.3, 0.4) is 0 Å². The highest BCUT2D eigenvalue weighted by Gasteiger charge is 2.29. The molecular weight excluding hydrogens is 344 g/mol. The van der Waals surface area contributed by atoms with E-state index in [4.69, 9.17) is 0 Å². The first kappa shape index (κ1) is 18.8. The van der Waals surface area contributed by atoms with Crippen molar-refractivity contribution in [2.45, 2.75) is 32.1 Å². The molecule has 1 aromatic carbocycles. The Kier molecular flexibility index (Phi) is 5.39. The Bertz CT molecular complexity index is 798. The van der Waals surface area contributed by atoms with E-state index < -0.39 is 11.4 Å². The van der Waals surface area contributed by atoms with Gasteiger partial charge >= 0.3 is 5.97 Å². The third kappa shape index (κ3) is 4.24. The summed E-state index contributed by atoms with van der Waals surface area (Å²) in [7, 11) is 0. The fourth-order valence-electron chi connectivity index (χ4n) is 3.16. The van der Waals surface area contributed by atoms with Crippen LogP contribution < -0.4 is 10.2 Å². The normalized spacial score (nSPS) is 15.4. The Hall–Kier alpha value is -2.96. The number of benzene rings is 1. The van der Waals surface area contributed by atoms with Gasteiger partial charge in [0.05, 0.1) is 11.6 Å². The molecule has 2 N–H and O–H groups in total. The highest BCUT2D eigenvalue weighted by Crippen LogP contribution is 2.26. The van der Waals surface area contributed by atoms with Gasteiger partial charge < -0.3 is 15.3 Å². The van der Waals surface area contributed by atoms with E-state index in [0.29, 0.717) is 11.3 Å². The molecule has 0 spiro atoms. The smallest absolute Gasteiger partial charge is 0.313 e. The third-order valence-electron chi connectivity index (χ3n) is 5.15. The summed E-state index contributed by atoms with van der Waals surface area (Å²) in [5.41, 5.74) is 0.418. The van der Waals surface area contributed by atoms with E-state index in [2.05, 4.69) is 20.2 Å². The number of carbonyl (C=O) groups excluding carboxylic acids is 1. The van der Waals surface area contributed by atoms with E-state index in [1.54, 1.807) is 56.7 Å². The second kappa shape index (κ2) is 7.73. The number of nitrogens with zero attached hydrogens (tertiary/aromatic N) is 3.